The number of carboxylic acid groups (broad SMARTS) is 1. The van der Waals surface area contributed by atoms with Gasteiger partial charge in [-0.15, -0.1) is 0 Å². The maximum absolute atomic E-state index is 12.1. The zero-order chi connectivity index (χ0) is 20.4. The lowest BCUT2D eigenvalue weighted by Crippen LogP contribution is -2.28. The van der Waals surface area contributed by atoms with Crippen molar-refractivity contribution in [2.24, 2.45) is 0 Å². The van der Waals surface area contributed by atoms with Gasteiger partial charge in [-0.3, -0.25) is 4.79 Å². The molecule has 1 aromatic heterocycles. The second-order valence-electron chi connectivity index (χ2n) is 6.56. The minimum absolute atomic E-state index is 0.0547. The number of hydrogen-bond donors (Lipinski definition) is 3. The van der Waals surface area contributed by atoms with Gasteiger partial charge in [0.1, 0.15) is 18.0 Å². The van der Waals surface area contributed by atoms with E-state index in [0.29, 0.717) is 0 Å². The Labute approximate surface area is 165 Å². The third-order valence-corrected chi connectivity index (χ3v) is 4.83. The van der Waals surface area contributed by atoms with Gasteiger partial charge in [-0.1, -0.05) is 48.5 Å². The van der Waals surface area contributed by atoms with Crippen LogP contribution in [0.25, 0.3) is 11.1 Å². The molecule has 0 radical (unpaired) electrons. The van der Waals surface area contributed by atoms with Gasteiger partial charge in [0, 0.05) is 12.1 Å². The molecular formula is C21H17N3O5. The number of amides is 1. The predicted molar refractivity (Wildman–Crippen MR) is 104 cm³/mol. The van der Waals surface area contributed by atoms with Crippen LogP contribution in [-0.4, -0.2) is 33.7 Å². The van der Waals surface area contributed by atoms with Crippen LogP contribution in [0.2, 0.25) is 0 Å². The molecule has 0 fully saturated rings. The molecule has 0 saturated heterocycles. The topological polar surface area (TPSA) is 121 Å². The van der Waals surface area contributed by atoms with Crippen LogP contribution in [0.15, 0.2) is 59.5 Å². The van der Waals surface area contributed by atoms with E-state index in [4.69, 9.17) is 9.84 Å². The molecule has 1 heterocycles. The number of nitrogens with one attached hydrogen (secondary N) is 2. The Morgan fingerprint density at radius 1 is 1.07 bits per heavy atom. The van der Waals surface area contributed by atoms with Gasteiger partial charge in [-0.2, -0.15) is 0 Å². The molecule has 2 aromatic carbocycles. The van der Waals surface area contributed by atoms with Crippen molar-refractivity contribution in [3.05, 3.63) is 87.6 Å². The number of carbonyl (C=O) groups is 2. The molecule has 1 aliphatic carbocycles. The van der Waals surface area contributed by atoms with Gasteiger partial charge in [0.2, 0.25) is 0 Å². The summed E-state index contributed by atoms with van der Waals surface area (Å²) in [6.07, 6.45) is 0.299. The smallest absolute Gasteiger partial charge is 0.407 e. The highest BCUT2D eigenvalue weighted by Gasteiger charge is 2.28. The number of aromatic amines is 1. The van der Waals surface area contributed by atoms with Crippen molar-refractivity contribution in [3.63, 3.8) is 0 Å². The van der Waals surface area contributed by atoms with Crippen molar-refractivity contribution in [2.75, 3.05) is 6.61 Å². The molecule has 1 aliphatic rings. The number of rotatable bonds is 5. The maximum Gasteiger partial charge on any atom is 0.407 e. The van der Waals surface area contributed by atoms with Crippen LogP contribution in [-0.2, 0) is 11.3 Å². The summed E-state index contributed by atoms with van der Waals surface area (Å²) < 4.78 is 5.39. The Hall–Kier alpha value is -3.94. The quantitative estimate of drug-likeness (QED) is 0.614. The number of aromatic carboxylic acids is 1. The van der Waals surface area contributed by atoms with E-state index in [-0.39, 0.29) is 24.9 Å². The largest absolute Gasteiger partial charge is 0.477 e. The Morgan fingerprint density at radius 2 is 1.69 bits per heavy atom. The first kappa shape index (κ1) is 18.4. The lowest BCUT2D eigenvalue weighted by molar-refractivity contribution is 0.0694. The van der Waals surface area contributed by atoms with Crippen LogP contribution in [0, 0.1) is 0 Å². The monoisotopic (exact) mass is 391 g/mol. The number of fused-ring (bicyclic) bond motifs is 3. The van der Waals surface area contributed by atoms with E-state index < -0.39 is 23.2 Å². The summed E-state index contributed by atoms with van der Waals surface area (Å²) in [4.78, 5) is 40.7. The molecular weight excluding hydrogens is 374 g/mol. The van der Waals surface area contributed by atoms with E-state index in [2.05, 4.69) is 27.4 Å². The van der Waals surface area contributed by atoms with Crippen LogP contribution < -0.4 is 10.9 Å². The first-order valence-corrected chi connectivity index (χ1v) is 8.95. The van der Waals surface area contributed by atoms with E-state index in [1.165, 1.54) is 0 Å². The molecule has 3 aromatic rings. The van der Waals surface area contributed by atoms with Crippen molar-refractivity contribution in [1.29, 1.82) is 0 Å². The summed E-state index contributed by atoms with van der Waals surface area (Å²) in [6, 6.07) is 16.0. The molecule has 0 bridgehead atoms. The predicted octanol–water partition coefficient (Wildman–Crippen LogP) is 2.51. The normalized spacial score (nSPS) is 12.1. The van der Waals surface area contributed by atoms with Gasteiger partial charge in [-0.05, 0) is 22.3 Å². The van der Waals surface area contributed by atoms with E-state index in [1.807, 2.05) is 36.4 Å². The average molecular weight is 391 g/mol. The number of H-pyrrole nitrogens is 1. The van der Waals surface area contributed by atoms with Gasteiger partial charge >= 0.3 is 12.1 Å². The van der Waals surface area contributed by atoms with Gasteiger partial charge in [0.25, 0.3) is 5.56 Å². The molecule has 8 nitrogen and oxygen atoms in total. The van der Waals surface area contributed by atoms with Crippen molar-refractivity contribution in [1.82, 2.24) is 15.3 Å². The molecule has 146 valence electrons. The average Bonchev–Trinajstić information content (AvgIpc) is 3.04. The number of aromatic nitrogens is 2. The van der Waals surface area contributed by atoms with Crippen molar-refractivity contribution >= 4 is 12.1 Å². The van der Waals surface area contributed by atoms with Crippen molar-refractivity contribution in [3.8, 4) is 11.1 Å². The summed E-state index contributed by atoms with van der Waals surface area (Å²) in [5.41, 5.74) is 3.25. The number of ether oxygens (including phenoxy) is 1. The highest BCUT2D eigenvalue weighted by molar-refractivity contribution is 5.86. The number of alkyl carbamates (subject to hydrolysis) is 1. The highest BCUT2D eigenvalue weighted by atomic mass is 16.5. The molecule has 0 atom stereocenters. The van der Waals surface area contributed by atoms with Gasteiger partial charge in [0.05, 0.1) is 6.54 Å². The second kappa shape index (κ2) is 7.59. The fourth-order valence-electron chi connectivity index (χ4n) is 3.48. The molecule has 0 unspecified atom stereocenters. The van der Waals surface area contributed by atoms with Gasteiger partial charge < -0.3 is 20.1 Å². The Kier molecular flexibility index (Phi) is 4.82. The zero-order valence-corrected chi connectivity index (χ0v) is 15.2. The molecule has 0 spiro atoms. The molecule has 4 rings (SSSR count). The lowest BCUT2D eigenvalue weighted by Gasteiger charge is -2.14. The Bertz CT molecular complexity index is 1110. The summed E-state index contributed by atoms with van der Waals surface area (Å²) in [5.74, 6) is -1.29. The Balaban J connectivity index is 1.40. The molecule has 3 N–H and O–H groups in total. The maximum atomic E-state index is 12.1. The van der Waals surface area contributed by atoms with Crippen LogP contribution in [0.5, 0.6) is 0 Å². The van der Waals surface area contributed by atoms with Gasteiger partial charge in [-0.25, -0.2) is 14.6 Å². The van der Waals surface area contributed by atoms with Crippen LogP contribution in [0.4, 0.5) is 4.79 Å². The van der Waals surface area contributed by atoms with Gasteiger partial charge in [0.15, 0.2) is 0 Å². The summed E-state index contributed by atoms with van der Waals surface area (Å²) in [7, 11) is 0. The zero-order valence-electron chi connectivity index (χ0n) is 15.2. The fraction of sp³-hybridized carbons (Fsp3) is 0.143. The molecule has 29 heavy (non-hydrogen) atoms. The molecule has 0 saturated carbocycles. The molecule has 8 heteroatoms. The lowest BCUT2D eigenvalue weighted by atomic mass is 9.98. The van der Waals surface area contributed by atoms with E-state index in [9.17, 15) is 14.4 Å². The fourth-order valence-corrected chi connectivity index (χ4v) is 3.48. The third kappa shape index (κ3) is 3.60. The minimum atomic E-state index is -1.37. The van der Waals surface area contributed by atoms with E-state index >= 15 is 0 Å². The number of carbonyl (C=O) groups excluding carboxylic acids is 1. The first-order valence-electron chi connectivity index (χ1n) is 8.95. The highest BCUT2D eigenvalue weighted by Crippen LogP contribution is 2.44. The van der Waals surface area contributed by atoms with E-state index in [1.54, 1.807) is 0 Å². The van der Waals surface area contributed by atoms with Crippen molar-refractivity contribution < 1.29 is 19.4 Å². The standard InChI is InChI=1S/C21H17N3O5/c25-19-16(20(26)27)9-22-18(24-19)10-23-21(28)29-11-17-14-7-3-1-5-12(14)13-6-2-4-8-15(13)17/h1-9,17H,10-11H2,(H,23,28)(H,26,27)(H,22,24,25). The number of benzene rings is 2. The van der Waals surface area contributed by atoms with Crippen LogP contribution in [0.3, 0.4) is 0 Å². The van der Waals surface area contributed by atoms with E-state index in [0.717, 1.165) is 28.5 Å². The molecule has 0 aliphatic heterocycles. The molecule has 1 amide bonds. The number of hydrogen-bond acceptors (Lipinski definition) is 5. The SMILES string of the molecule is O=C(NCc1ncc(C(=O)O)c(=O)[nH]1)OCC1c2ccccc2-c2ccccc21. The first-order chi connectivity index (χ1) is 14.0. The summed E-state index contributed by atoms with van der Waals surface area (Å²) >= 11 is 0. The number of carboxylic acids is 1. The summed E-state index contributed by atoms with van der Waals surface area (Å²) in [6.45, 7) is 0.0770. The third-order valence-electron chi connectivity index (χ3n) is 4.83. The number of nitrogens with zero attached hydrogens (tertiary/aromatic N) is 1. The van der Waals surface area contributed by atoms with Crippen LogP contribution in [0.1, 0.15) is 33.2 Å². The summed E-state index contributed by atoms with van der Waals surface area (Å²) in [5, 5.41) is 11.3. The van der Waals surface area contributed by atoms with Crippen LogP contribution >= 0.6 is 0 Å². The van der Waals surface area contributed by atoms with Crippen molar-refractivity contribution in [2.45, 2.75) is 12.5 Å². The Morgan fingerprint density at radius 3 is 2.28 bits per heavy atom. The minimum Gasteiger partial charge on any atom is -0.477 e. The second-order valence-corrected chi connectivity index (χ2v) is 6.56.